The molecule has 0 aliphatic heterocycles. The number of amides is 3. The van der Waals surface area contributed by atoms with E-state index in [4.69, 9.17) is 18.7 Å². The molecule has 1 atom stereocenters. The Morgan fingerprint density at radius 2 is 1.79 bits per heavy atom. The van der Waals surface area contributed by atoms with Crippen LogP contribution in [0, 0.1) is 5.92 Å². The van der Waals surface area contributed by atoms with Crippen LogP contribution in [0.15, 0.2) is 65.1 Å². The fraction of sp³-hybridized carbons (Fsp3) is 0.375. The number of methoxy groups -OCH3 is 1. The molecule has 11 heteroatoms. The molecular weight excluding hydrogens is 554 g/mol. The van der Waals surface area contributed by atoms with Gasteiger partial charge in [0.25, 0.3) is 5.91 Å². The lowest BCUT2D eigenvalue weighted by Crippen LogP contribution is -2.43. The number of nitrogens with zero attached hydrogens (tertiary/aromatic N) is 1. The van der Waals surface area contributed by atoms with E-state index in [1.54, 1.807) is 24.3 Å². The Bertz CT molecular complexity index is 1340. The minimum atomic E-state index is -0.538. The Morgan fingerprint density at radius 3 is 2.49 bits per heavy atom. The van der Waals surface area contributed by atoms with Gasteiger partial charge in [-0.3, -0.25) is 19.2 Å². The number of hydrogen-bond acceptors (Lipinski definition) is 8. The van der Waals surface area contributed by atoms with Gasteiger partial charge in [0.1, 0.15) is 18.1 Å². The molecule has 0 radical (unpaired) electrons. The van der Waals surface area contributed by atoms with Gasteiger partial charge in [-0.2, -0.15) is 0 Å². The lowest BCUT2D eigenvalue weighted by Gasteiger charge is -2.23. The first-order valence-electron chi connectivity index (χ1n) is 14.3. The van der Waals surface area contributed by atoms with Crippen molar-refractivity contribution in [2.24, 2.45) is 5.92 Å². The Morgan fingerprint density at radius 1 is 1.00 bits per heavy atom. The molecule has 2 aromatic carbocycles. The molecule has 0 saturated heterocycles. The van der Waals surface area contributed by atoms with Crippen molar-refractivity contribution >= 4 is 24.2 Å². The minimum Gasteiger partial charge on any atom is -0.494 e. The molecule has 3 aromatic rings. The van der Waals surface area contributed by atoms with Gasteiger partial charge in [-0.1, -0.05) is 56.5 Å². The SMILES string of the molecule is CCCCCC(CN(C=O)OCc1ccccc1)C(=O)NCNC(=O)c1ccc(-c2cc(OCC)cc(C(=O)OC)c2)o1. The molecule has 230 valence electrons. The number of benzene rings is 2. The van der Waals surface area contributed by atoms with Crippen LogP contribution in [-0.4, -0.2) is 56.2 Å². The zero-order chi connectivity index (χ0) is 31.0. The lowest BCUT2D eigenvalue weighted by atomic mass is 10.0. The summed E-state index contributed by atoms with van der Waals surface area (Å²) in [5.41, 5.74) is 1.71. The molecule has 1 unspecified atom stereocenters. The average molecular weight is 594 g/mol. The second-order valence-corrected chi connectivity index (χ2v) is 9.72. The summed E-state index contributed by atoms with van der Waals surface area (Å²) in [6.07, 6.45) is 3.86. The number of furan rings is 1. The first-order chi connectivity index (χ1) is 20.9. The highest BCUT2D eigenvalue weighted by atomic mass is 16.7. The average Bonchev–Trinajstić information content (AvgIpc) is 3.53. The van der Waals surface area contributed by atoms with Crippen molar-refractivity contribution in [1.29, 1.82) is 0 Å². The molecule has 1 aromatic heterocycles. The summed E-state index contributed by atoms with van der Waals surface area (Å²) in [6.45, 7) is 4.42. The molecule has 0 saturated carbocycles. The standard InChI is InChI=1S/C32H39N3O8/c1-4-6-8-13-24(19-35(22-36)42-20-23-11-9-7-10-12-23)30(37)33-21-34-31(38)29-15-14-28(43-29)25-16-26(32(39)40-3)18-27(17-25)41-5-2/h7,9-12,14-18,22,24H,4-6,8,13,19-21H2,1-3H3,(H,33,37)(H,34,38). The first kappa shape index (κ1) is 32.9. The molecule has 43 heavy (non-hydrogen) atoms. The fourth-order valence-corrected chi connectivity index (χ4v) is 4.31. The van der Waals surface area contributed by atoms with Crippen molar-refractivity contribution in [1.82, 2.24) is 15.7 Å². The number of hydroxylamine groups is 2. The number of rotatable bonds is 18. The Labute approximate surface area is 251 Å². The highest BCUT2D eigenvalue weighted by Gasteiger charge is 2.22. The van der Waals surface area contributed by atoms with E-state index in [0.29, 0.717) is 36.5 Å². The molecule has 0 fully saturated rings. The van der Waals surface area contributed by atoms with E-state index in [9.17, 15) is 19.2 Å². The van der Waals surface area contributed by atoms with E-state index < -0.39 is 17.8 Å². The minimum absolute atomic E-state index is 0.0200. The van der Waals surface area contributed by atoms with Crippen LogP contribution >= 0.6 is 0 Å². The van der Waals surface area contributed by atoms with Crippen molar-refractivity contribution in [2.45, 2.75) is 46.1 Å². The molecule has 2 N–H and O–H groups in total. The zero-order valence-corrected chi connectivity index (χ0v) is 24.8. The summed E-state index contributed by atoms with van der Waals surface area (Å²) in [6, 6.07) is 17.4. The van der Waals surface area contributed by atoms with Crippen molar-refractivity contribution in [3.8, 4) is 17.1 Å². The molecule has 0 spiro atoms. The number of unbranched alkanes of at least 4 members (excludes halogenated alkanes) is 2. The highest BCUT2D eigenvalue weighted by Crippen LogP contribution is 2.28. The third kappa shape index (κ3) is 10.3. The van der Waals surface area contributed by atoms with Gasteiger partial charge in [0, 0.05) is 5.56 Å². The molecule has 11 nitrogen and oxygen atoms in total. The van der Waals surface area contributed by atoms with Crippen molar-refractivity contribution in [3.63, 3.8) is 0 Å². The highest BCUT2D eigenvalue weighted by molar-refractivity contribution is 5.93. The van der Waals surface area contributed by atoms with Crippen LogP contribution in [0.1, 0.15) is 66.0 Å². The predicted molar refractivity (Wildman–Crippen MR) is 159 cm³/mol. The maximum atomic E-state index is 13.0. The van der Waals surface area contributed by atoms with E-state index in [1.165, 1.54) is 13.2 Å². The Hall–Kier alpha value is -4.64. The third-order valence-electron chi connectivity index (χ3n) is 6.55. The number of hydrogen-bond donors (Lipinski definition) is 2. The smallest absolute Gasteiger partial charge is 0.338 e. The molecule has 3 amide bonds. The van der Waals surface area contributed by atoms with Crippen LogP contribution in [0.3, 0.4) is 0 Å². The van der Waals surface area contributed by atoms with E-state index in [-0.39, 0.29) is 37.1 Å². The van der Waals surface area contributed by atoms with Crippen LogP contribution < -0.4 is 15.4 Å². The second kappa shape index (κ2) is 17.3. The molecule has 3 rings (SSSR count). The topological polar surface area (TPSA) is 136 Å². The van der Waals surface area contributed by atoms with Crippen molar-refractivity contribution in [2.75, 3.05) is 26.9 Å². The molecule has 0 aliphatic carbocycles. The van der Waals surface area contributed by atoms with Gasteiger partial charge in [0.15, 0.2) is 5.76 Å². The largest absolute Gasteiger partial charge is 0.494 e. The van der Waals surface area contributed by atoms with E-state index >= 15 is 0 Å². The molecule has 0 bridgehead atoms. The van der Waals surface area contributed by atoms with Crippen LogP contribution in [-0.2, 0) is 25.8 Å². The predicted octanol–water partition coefficient (Wildman–Crippen LogP) is 4.72. The van der Waals surface area contributed by atoms with Gasteiger partial charge in [-0.15, -0.1) is 0 Å². The lowest BCUT2D eigenvalue weighted by molar-refractivity contribution is -0.182. The number of carbonyl (C=O) groups is 4. The number of ether oxygens (including phenoxy) is 2. The third-order valence-corrected chi connectivity index (χ3v) is 6.55. The molecule has 0 aliphatic rings. The maximum Gasteiger partial charge on any atom is 0.338 e. The summed E-state index contributed by atoms with van der Waals surface area (Å²) in [4.78, 5) is 55.2. The van der Waals surface area contributed by atoms with E-state index in [1.807, 2.05) is 37.3 Å². The van der Waals surface area contributed by atoms with Gasteiger partial charge >= 0.3 is 5.97 Å². The normalized spacial score (nSPS) is 11.3. The number of esters is 1. The van der Waals surface area contributed by atoms with Crippen LogP contribution in [0.5, 0.6) is 5.75 Å². The summed E-state index contributed by atoms with van der Waals surface area (Å²) in [7, 11) is 1.29. The molecule has 1 heterocycles. The maximum absolute atomic E-state index is 13.0. The van der Waals surface area contributed by atoms with Crippen LogP contribution in [0.4, 0.5) is 0 Å². The van der Waals surface area contributed by atoms with Gasteiger partial charge in [-0.05, 0) is 49.2 Å². The summed E-state index contributed by atoms with van der Waals surface area (Å²) < 4.78 is 16.1. The van der Waals surface area contributed by atoms with Crippen molar-refractivity contribution in [3.05, 3.63) is 77.6 Å². The Balaban J connectivity index is 1.59. The summed E-state index contributed by atoms with van der Waals surface area (Å²) in [5, 5.41) is 6.48. The first-order valence-corrected chi connectivity index (χ1v) is 14.3. The van der Waals surface area contributed by atoms with E-state index in [0.717, 1.165) is 29.9 Å². The zero-order valence-electron chi connectivity index (χ0n) is 24.8. The summed E-state index contributed by atoms with van der Waals surface area (Å²) >= 11 is 0. The number of carbonyl (C=O) groups excluding carboxylic acids is 4. The van der Waals surface area contributed by atoms with Gasteiger partial charge < -0.3 is 24.5 Å². The summed E-state index contributed by atoms with van der Waals surface area (Å²) in [5.74, 6) is -1.08. The van der Waals surface area contributed by atoms with Crippen LogP contribution in [0.2, 0.25) is 0 Å². The van der Waals surface area contributed by atoms with Gasteiger partial charge in [0.2, 0.25) is 12.3 Å². The van der Waals surface area contributed by atoms with Gasteiger partial charge in [-0.25, -0.2) is 9.86 Å². The van der Waals surface area contributed by atoms with E-state index in [2.05, 4.69) is 17.6 Å². The Kier molecular flexibility index (Phi) is 13.3. The molecular formula is C32H39N3O8. The monoisotopic (exact) mass is 593 g/mol. The second-order valence-electron chi connectivity index (χ2n) is 9.72. The number of nitrogens with one attached hydrogen (secondary N) is 2. The fourth-order valence-electron chi connectivity index (χ4n) is 4.31. The van der Waals surface area contributed by atoms with Crippen LogP contribution in [0.25, 0.3) is 11.3 Å². The quantitative estimate of drug-likeness (QED) is 0.0711. The van der Waals surface area contributed by atoms with Gasteiger partial charge in [0.05, 0.1) is 38.4 Å². The van der Waals surface area contributed by atoms with Crippen molar-refractivity contribution < 1.29 is 37.9 Å².